The van der Waals surface area contributed by atoms with Gasteiger partial charge in [0, 0.05) is 29.5 Å². The average Bonchev–Trinajstić information content (AvgIpc) is 3.42. The summed E-state index contributed by atoms with van der Waals surface area (Å²) in [6.45, 7) is 5.07. The molecule has 1 aliphatic heterocycles. The Morgan fingerprint density at radius 1 is 1.07 bits per heavy atom. The third-order valence-electron chi connectivity index (χ3n) is 8.96. The predicted molar refractivity (Wildman–Crippen MR) is 173 cm³/mol. The second-order valence-electron chi connectivity index (χ2n) is 11.8. The van der Waals surface area contributed by atoms with Crippen LogP contribution in [-0.2, 0) is 6.61 Å². The zero-order chi connectivity index (χ0) is 30.7. The first-order chi connectivity index (χ1) is 21.4. The first-order valence-electron chi connectivity index (χ1n) is 14.9. The van der Waals surface area contributed by atoms with Crippen LogP contribution in [0.5, 0.6) is 17.2 Å². The number of pyridine rings is 2. The number of aryl methyl sites for hydroxylation is 1. The smallest absolute Gasteiger partial charge is 0.163 e. The van der Waals surface area contributed by atoms with E-state index in [1.165, 1.54) is 32.1 Å². The molecule has 0 radical (unpaired) electrons. The first kappa shape index (κ1) is 30.3. The van der Waals surface area contributed by atoms with E-state index in [1.807, 2.05) is 31.2 Å². The molecule has 0 amide bonds. The highest BCUT2D eigenvalue weighted by molar-refractivity contribution is 6.37. The Balaban J connectivity index is 1.22. The molecule has 1 atom stereocenters. The van der Waals surface area contributed by atoms with E-state index in [4.69, 9.17) is 37.4 Å². The highest BCUT2D eigenvalue weighted by atomic mass is 35.5. The number of rotatable bonds is 9. The van der Waals surface area contributed by atoms with E-state index in [-0.39, 0.29) is 6.61 Å². The summed E-state index contributed by atoms with van der Waals surface area (Å²) in [7, 11) is 1.62. The quantitative estimate of drug-likeness (QED) is 0.192. The van der Waals surface area contributed by atoms with Crippen LogP contribution in [0.15, 0.2) is 48.8 Å². The van der Waals surface area contributed by atoms with Gasteiger partial charge in [0.2, 0.25) is 0 Å². The maximum Gasteiger partial charge on any atom is 0.163 e. The van der Waals surface area contributed by atoms with Gasteiger partial charge in [0.05, 0.1) is 46.2 Å². The lowest BCUT2D eigenvalue weighted by Gasteiger charge is -2.34. The van der Waals surface area contributed by atoms with Gasteiger partial charge in [0.25, 0.3) is 0 Å². The Labute approximate surface area is 267 Å². The molecular formula is C34H35Cl2N5O3. The topological polar surface area (TPSA) is 101 Å². The van der Waals surface area contributed by atoms with Gasteiger partial charge in [0.1, 0.15) is 12.7 Å². The van der Waals surface area contributed by atoms with Crippen molar-refractivity contribution in [1.29, 1.82) is 5.26 Å². The van der Waals surface area contributed by atoms with Gasteiger partial charge in [-0.2, -0.15) is 5.26 Å². The summed E-state index contributed by atoms with van der Waals surface area (Å²) < 4.78 is 18.0. The van der Waals surface area contributed by atoms with E-state index in [0.29, 0.717) is 73.1 Å². The number of hydrogen-bond acceptors (Lipinski definition) is 8. The molecule has 6 rings (SSSR count). The van der Waals surface area contributed by atoms with Crippen molar-refractivity contribution < 1.29 is 14.2 Å². The predicted octanol–water partition coefficient (Wildman–Crippen LogP) is 8.00. The maximum absolute atomic E-state index is 9.93. The van der Waals surface area contributed by atoms with Crippen molar-refractivity contribution in [2.75, 3.05) is 32.1 Å². The fourth-order valence-corrected chi connectivity index (χ4v) is 7.10. The van der Waals surface area contributed by atoms with Crippen molar-refractivity contribution in [2.45, 2.75) is 45.6 Å². The van der Waals surface area contributed by atoms with Gasteiger partial charge in [-0.1, -0.05) is 29.3 Å². The number of methoxy groups -OCH3 is 1. The molecule has 3 heterocycles. The maximum atomic E-state index is 9.93. The fraction of sp³-hybridized carbons (Fsp3) is 0.382. The summed E-state index contributed by atoms with van der Waals surface area (Å²) in [5.74, 6) is 2.11. The molecule has 1 saturated carbocycles. The lowest BCUT2D eigenvalue weighted by molar-refractivity contribution is 0.181. The molecular weight excluding hydrogens is 597 g/mol. The summed E-state index contributed by atoms with van der Waals surface area (Å²) in [6, 6.07) is 13.3. The molecule has 8 nitrogen and oxygen atoms in total. The number of nitrogens with one attached hydrogen (secondary N) is 2. The Bertz CT molecular complexity index is 1690. The van der Waals surface area contributed by atoms with Crippen molar-refractivity contribution >= 4 is 45.5 Å². The van der Waals surface area contributed by atoms with Gasteiger partial charge in [0.15, 0.2) is 17.2 Å². The van der Waals surface area contributed by atoms with Crippen LogP contribution < -0.4 is 24.8 Å². The molecule has 1 spiro atoms. The molecule has 2 N–H and O–H groups in total. The molecule has 228 valence electrons. The van der Waals surface area contributed by atoms with Gasteiger partial charge in [-0.15, -0.1) is 0 Å². The molecule has 44 heavy (non-hydrogen) atoms. The summed E-state index contributed by atoms with van der Waals surface area (Å²) >= 11 is 13.2. The van der Waals surface area contributed by atoms with Crippen molar-refractivity contribution in [3.05, 3.63) is 75.7 Å². The standard InChI is InChI=1S/C34H35Cl2N5O3/c1-21-4-3-9-39-29(21)20-44-33-26(35)12-24(13-27(33)36)41-32-23(17-37)18-40-28-15-31(30(42-2)14-25(28)32)43-19-22-5-6-34(16-22)7-10-38-11-8-34/h3-4,9,12-15,18,22,38H,5-8,10-11,16,19-20H2,1-2H3,(H,40,41). The number of aromatic nitrogens is 2. The molecule has 10 heteroatoms. The van der Waals surface area contributed by atoms with E-state index >= 15 is 0 Å². The molecule has 2 fully saturated rings. The number of halogens is 2. The van der Waals surface area contributed by atoms with Crippen LogP contribution >= 0.6 is 23.2 Å². The van der Waals surface area contributed by atoms with Gasteiger partial charge in [-0.25, -0.2) is 0 Å². The first-order valence-corrected chi connectivity index (χ1v) is 15.7. The van der Waals surface area contributed by atoms with Gasteiger partial charge >= 0.3 is 0 Å². The molecule has 2 aliphatic rings. The number of nitrogens with zero attached hydrogens (tertiary/aromatic N) is 3. The van der Waals surface area contributed by atoms with Crippen molar-refractivity contribution in [2.24, 2.45) is 11.3 Å². The number of nitriles is 1. The zero-order valence-corrected chi connectivity index (χ0v) is 26.4. The molecule has 1 saturated heterocycles. The lowest BCUT2D eigenvalue weighted by atomic mass is 9.77. The van der Waals surface area contributed by atoms with Gasteiger partial charge in [-0.3, -0.25) is 9.97 Å². The van der Waals surface area contributed by atoms with E-state index in [2.05, 4.69) is 26.7 Å². The highest BCUT2D eigenvalue weighted by Crippen LogP contribution is 2.48. The molecule has 0 bridgehead atoms. The van der Waals surface area contributed by atoms with Crippen LogP contribution in [0.1, 0.15) is 48.9 Å². The summed E-state index contributed by atoms with van der Waals surface area (Å²) in [5.41, 5.74) is 4.48. The number of piperidine rings is 1. The largest absolute Gasteiger partial charge is 0.493 e. The molecule has 2 aromatic heterocycles. The second-order valence-corrected chi connectivity index (χ2v) is 12.6. The fourth-order valence-electron chi connectivity index (χ4n) is 6.50. The Morgan fingerprint density at radius 3 is 2.59 bits per heavy atom. The van der Waals surface area contributed by atoms with E-state index in [1.54, 1.807) is 31.6 Å². The van der Waals surface area contributed by atoms with Crippen LogP contribution in [0, 0.1) is 29.6 Å². The summed E-state index contributed by atoms with van der Waals surface area (Å²) in [5, 5.41) is 18.1. The number of benzene rings is 2. The van der Waals surface area contributed by atoms with Crippen LogP contribution in [0.4, 0.5) is 11.4 Å². The normalized spacial score (nSPS) is 17.4. The third-order valence-corrected chi connectivity index (χ3v) is 9.52. The Hall–Kier alpha value is -3.77. The van der Waals surface area contributed by atoms with E-state index < -0.39 is 0 Å². The minimum absolute atomic E-state index is 0.232. The van der Waals surface area contributed by atoms with Crippen molar-refractivity contribution in [3.63, 3.8) is 0 Å². The van der Waals surface area contributed by atoms with Crippen LogP contribution in [0.25, 0.3) is 10.9 Å². The summed E-state index contributed by atoms with van der Waals surface area (Å²) in [6.07, 6.45) is 9.44. The lowest BCUT2D eigenvalue weighted by Crippen LogP contribution is -2.35. The summed E-state index contributed by atoms with van der Waals surface area (Å²) in [4.78, 5) is 8.93. The number of anilines is 2. The monoisotopic (exact) mass is 631 g/mol. The van der Waals surface area contributed by atoms with Crippen LogP contribution in [0.3, 0.4) is 0 Å². The van der Waals surface area contributed by atoms with Crippen LogP contribution in [-0.4, -0.2) is 36.8 Å². The van der Waals surface area contributed by atoms with Crippen molar-refractivity contribution in [1.82, 2.24) is 15.3 Å². The zero-order valence-electron chi connectivity index (χ0n) is 24.9. The Morgan fingerprint density at radius 2 is 1.86 bits per heavy atom. The minimum Gasteiger partial charge on any atom is -0.493 e. The molecule has 1 aliphatic carbocycles. The number of ether oxygens (including phenoxy) is 3. The third kappa shape index (κ3) is 6.37. The van der Waals surface area contributed by atoms with Gasteiger partial charge in [-0.05, 0) is 93.3 Å². The van der Waals surface area contributed by atoms with E-state index in [9.17, 15) is 5.26 Å². The van der Waals surface area contributed by atoms with E-state index in [0.717, 1.165) is 24.3 Å². The Kier molecular flexibility index (Phi) is 8.99. The average molecular weight is 633 g/mol. The molecule has 1 unspecified atom stereocenters. The van der Waals surface area contributed by atoms with Crippen molar-refractivity contribution in [3.8, 4) is 23.3 Å². The number of hydrogen-bond donors (Lipinski definition) is 2. The molecule has 2 aromatic carbocycles. The van der Waals surface area contributed by atoms with Crippen LogP contribution in [0.2, 0.25) is 10.0 Å². The minimum atomic E-state index is 0.232. The van der Waals surface area contributed by atoms with Gasteiger partial charge < -0.3 is 24.8 Å². The molecule has 4 aromatic rings. The second kappa shape index (κ2) is 13.1. The highest BCUT2D eigenvalue weighted by Gasteiger charge is 2.40. The SMILES string of the molecule is COc1cc2c(Nc3cc(Cl)c(OCc4ncccc4C)c(Cl)c3)c(C#N)cnc2cc1OCC1CCC2(CCNCC2)C1. The number of fused-ring (bicyclic) bond motifs is 1.